The number of hydrogen-bond acceptors (Lipinski definition) is 5. The van der Waals surface area contributed by atoms with Gasteiger partial charge >= 0.3 is 0 Å². The Balaban J connectivity index is 1.44. The Morgan fingerprint density at radius 1 is 1.16 bits per heavy atom. The number of aryl methyl sites for hydroxylation is 2. The summed E-state index contributed by atoms with van der Waals surface area (Å²) in [6.07, 6.45) is 4.51. The van der Waals surface area contributed by atoms with Crippen molar-refractivity contribution in [3.05, 3.63) is 53.1 Å². The molecule has 166 valence electrons. The minimum Gasteiger partial charge on any atom is -0.493 e. The minimum atomic E-state index is -0.0872. The number of carbonyl (C=O) groups is 2. The van der Waals surface area contributed by atoms with Crippen LogP contribution in [0.2, 0.25) is 0 Å². The number of likely N-dealkylation sites (tertiary alicyclic amines) is 1. The van der Waals surface area contributed by atoms with E-state index >= 15 is 0 Å². The van der Waals surface area contributed by atoms with Crippen LogP contribution in [0, 0.1) is 13.8 Å². The number of benzene rings is 1. The average molecular weight is 425 g/mol. The quantitative estimate of drug-likeness (QED) is 0.637. The van der Waals surface area contributed by atoms with Crippen molar-refractivity contribution in [2.75, 3.05) is 33.8 Å². The van der Waals surface area contributed by atoms with Crippen LogP contribution in [0.1, 0.15) is 59.0 Å². The summed E-state index contributed by atoms with van der Waals surface area (Å²) in [5.74, 6) is 1.96. The van der Waals surface area contributed by atoms with Crippen LogP contribution in [-0.2, 0) is 4.79 Å². The van der Waals surface area contributed by atoms with Crippen LogP contribution in [0.5, 0.6) is 5.75 Å². The lowest BCUT2D eigenvalue weighted by Gasteiger charge is -2.31. The van der Waals surface area contributed by atoms with Crippen LogP contribution < -0.4 is 4.74 Å². The molecule has 1 aromatic heterocycles. The molecule has 0 N–H and O–H groups in total. The largest absolute Gasteiger partial charge is 0.493 e. The molecule has 31 heavy (non-hydrogen) atoms. The van der Waals surface area contributed by atoms with Gasteiger partial charge in [-0.15, -0.1) is 0 Å². The predicted octanol–water partition coefficient (Wildman–Crippen LogP) is 3.36. The highest BCUT2D eigenvalue weighted by molar-refractivity contribution is 5.94. The monoisotopic (exact) mass is 424 g/mol. The second-order valence-electron chi connectivity index (χ2n) is 8.30. The van der Waals surface area contributed by atoms with Crippen LogP contribution >= 0.6 is 0 Å². The van der Waals surface area contributed by atoms with E-state index in [9.17, 15) is 9.59 Å². The van der Waals surface area contributed by atoms with Crippen LogP contribution in [0.15, 0.2) is 30.5 Å². The van der Waals surface area contributed by atoms with Gasteiger partial charge in [-0.05, 0) is 44.7 Å². The summed E-state index contributed by atoms with van der Waals surface area (Å²) in [5.41, 5.74) is 2.35. The molecule has 2 aromatic rings. The van der Waals surface area contributed by atoms with Crippen molar-refractivity contribution in [3.63, 3.8) is 0 Å². The van der Waals surface area contributed by atoms with Crippen molar-refractivity contribution in [2.45, 2.75) is 45.4 Å². The first-order chi connectivity index (χ1) is 14.9. The van der Waals surface area contributed by atoms with Crippen LogP contribution in [0.3, 0.4) is 0 Å². The van der Waals surface area contributed by atoms with Gasteiger partial charge in [0, 0.05) is 45.7 Å². The van der Waals surface area contributed by atoms with Gasteiger partial charge in [-0.25, -0.2) is 9.97 Å². The molecule has 0 spiro atoms. The third kappa shape index (κ3) is 5.81. The molecule has 0 atom stereocenters. The third-order valence-corrected chi connectivity index (χ3v) is 5.73. The van der Waals surface area contributed by atoms with E-state index in [2.05, 4.69) is 9.97 Å². The highest BCUT2D eigenvalue weighted by Crippen LogP contribution is 2.26. The van der Waals surface area contributed by atoms with Crippen molar-refractivity contribution < 1.29 is 14.3 Å². The number of para-hydroxylation sites is 1. The minimum absolute atomic E-state index is 0.0872. The Bertz CT molecular complexity index is 921. The molecule has 0 unspecified atom stereocenters. The summed E-state index contributed by atoms with van der Waals surface area (Å²) in [4.78, 5) is 37.2. The molecular formula is C24H32N4O3. The van der Waals surface area contributed by atoms with E-state index in [0.717, 1.165) is 30.0 Å². The van der Waals surface area contributed by atoms with Gasteiger partial charge in [0.1, 0.15) is 11.6 Å². The molecule has 7 nitrogen and oxygen atoms in total. The molecular weight excluding hydrogens is 392 g/mol. The molecule has 1 aliphatic rings. The highest BCUT2D eigenvalue weighted by Gasteiger charge is 2.26. The first-order valence-electron chi connectivity index (χ1n) is 10.9. The van der Waals surface area contributed by atoms with Gasteiger partial charge in [-0.1, -0.05) is 18.2 Å². The van der Waals surface area contributed by atoms with Crippen molar-refractivity contribution in [2.24, 2.45) is 0 Å². The van der Waals surface area contributed by atoms with E-state index in [0.29, 0.717) is 43.8 Å². The Morgan fingerprint density at radius 2 is 1.87 bits per heavy atom. The zero-order valence-corrected chi connectivity index (χ0v) is 18.9. The number of ether oxygens (including phenoxy) is 1. The maximum absolute atomic E-state index is 12.6. The molecule has 2 heterocycles. The predicted molar refractivity (Wildman–Crippen MR) is 119 cm³/mol. The van der Waals surface area contributed by atoms with Gasteiger partial charge in [-0.3, -0.25) is 9.59 Å². The topological polar surface area (TPSA) is 75.6 Å². The zero-order chi connectivity index (χ0) is 22.4. The van der Waals surface area contributed by atoms with Gasteiger partial charge in [-0.2, -0.15) is 0 Å². The van der Waals surface area contributed by atoms with Crippen LogP contribution in [0.25, 0.3) is 0 Å². The molecule has 0 radical (unpaired) electrons. The number of hydrogen-bond donors (Lipinski definition) is 0. The number of amides is 2. The number of nitrogens with zero attached hydrogens (tertiary/aromatic N) is 4. The van der Waals surface area contributed by atoms with Gasteiger partial charge in [0.25, 0.3) is 5.91 Å². The molecule has 1 aliphatic heterocycles. The molecule has 0 bridgehead atoms. The number of carbonyl (C=O) groups excluding carboxylic acids is 2. The lowest BCUT2D eigenvalue weighted by atomic mass is 9.95. The van der Waals surface area contributed by atoms with Gasteiger partial charge in [0.15, 0.2) is 0 Å². The molecule has 1 aromatic carbocycles. The van der Waals surface area contributed by atoms with E-state index in [4.69, 9.17) is 4.74 Å². The summed E-state index contributed by atoms with van der Waals surface area (Å²) in [6.45, 7) is 5.83. The maximum atomic E-state index is 12.6. The zero-order valence-electron chi connectivity index (χ0n) is 18.9. The summed E-state index contributed by atoms with van der Waals surface area (Å²) < 4.78 is 5.79. The second-order valence-corrected chi connectivity index (χ2v) is 8.30. The molecule has 1 saturated heterocycles. The first-order valence-corrected chi connectivity index (χ1v) is 10.9. The molecule has 0 saturated carbocycles. The van der Waals surface area contributed by atoms with E-state index in [1.807, 2.05) is 43.0 Å². The Morgan fingerprint density at radius 3 is 2.52 bits per heavy atom. The molecule has 7 heteroatoms. The fourth-order valence-corrected chi connectivity index (χ4v) is 3.80. The number of rotatable bonds is 7. The number of piperidine rings is 1. The fraction of sp³-hybridized carbons (Fsp3) is 0.500. The summed E-state index contributed by atoms with van der Waals surface area (Å²) in [6, 6.07) is 7.91. The molecule has 1 fully saturated rings. The van der Waals surface area contributed by atoms with Crippen LogP contribution in [0.4, 0.5) is 0 Å². The highest BCUT2D eigenvalue weighted by atomic mass is 16.5. The van der Waals surface area contributed by atoms with E-state index < -0.39 is 0 Å². The Labute approximate surface area is 184 Å². The van der Waals surface area contributed by atoms with Crippen molar-refractivity contribution in [1.82, 2.24) is 19.8 Å². The van der Waals surface area contributed by atoms with Gasteiger partial charge in [0.05, 0.1) is 17.9 Å². The summed E-state index contributed by atoms with van der Waals surface area (Å²) >= 11 is 0. The molecule has 3 rings (SSSR count). The Hall–Kier alpha value is -2.96. The third-order valence-electron chi connectivity index (χ3n) is 5.73. The normalized spacial score (nSPS) is 14.4. The Kier molecular flexibility index (Phi) is 7.60. The van der Waals surface area contributed by atoms with Crippen molar-refractivity contribution in [3.8, 4) is 5.75 Å². The average Bonchev–Trinajstić information content (AvgIpc) is 2.77. The van der Waals surface area contributed by atoms with E-state index in [-0.39, 0.29) is 17.7 Å². The fourth-order valence-electron chi connectivity index (χ4n) is 3.80. The van der Waals surface area contributed by atoms with Crippen molar-refractivity contribution in [1.29, 1.82) is 0 Å². The SMILES string of the molecule is Cc1ccccc1OCCCC(=O)N1CCC(c2ncc(C(=O)N(C)C)c(C)n2)CC1. The second kappa shape index (κ2) is 10.4. The van der Waals surface area contributed by atoms with E-state index in [1.54, 1.807) is 20.3 Å². The molecule has 2 amide bonds. The smallest absolute Gasteiger partial charge is 0.256 e. The lowest BCUT2D eigenvalue weighted by molar-refractivity contribution is -0.132. The maximum Gasteiger partial charge on any atom is 0.256 e. The molecule has 0 aliphatic carbocycles. The lowest BCUT2D eigenvalue weighted by Crippen LogP contribution is -2.38. The summed E-state index contributed by atoms with van der Waals surface area (Å²) in [5, 5.41) is 0. The van der Waals surface area contributed by atoms with Crippen LogP contribution in [-0.4, -0.2) is 65.4 Å². The van der Waals surface area contributed by atoms with Crippen molar-refractivity contribution >= 4 is 11.8 Å². The summed E-state index contributed by atoms with van der Waals surface area (Å²) in [7, 11) is 3.44. The standard InChI is InChI=1S/C24H32N4O3/c1-17-8-5-6-9-21(17)31-15-7-10-22(29)28-13-11-19(12-14-28)23-25-16-20(18(2)26-23)24(30)27(3)4/h5-6,8-9,16,19H,7,10-15H2,1-4H3. The van der Waals surface area contributed by atoms with Gasteiger partial charge in [0.2, 0.25) is 5.91 Å². The first kappa shape index (κ1) is 22.7. The number of aromatic nitrogens is 2. The van der Waals surface area contributed by atoms with Gasteiger partial charge < -0.3 is 14.5 Å². The van der Waals surface area contributed by atoms with E-state index in [1.165, 1.54) is 4.90 Å².